The molecule has 0 amide bonds. The van der Waals surface area contributed by atoms with Crippen molar-refractivity contribution in [1.82, 2.24) is 0 Å². The molecule has 0 aliphatic heterocycles. The molecule has 0 spiro atoms. The van der Waals surface area contributed by atoms with Crippen molar-refractivity contribution in [2.24, 2.45) is 0 Å². The fourth-order valence-electron chi connectivity index (χ4n) is 1.82. The van der Waals surface area contributed by atoms with Gasteiger partial charge in [0.05, 0.1) is 17.6 Å². The van der Waals surface area contributed by atoms with Crippen LogP contribution in [0.5, 0.6) is 5.75 Å². The molecule has 0 fully saturated rings. The van der Waals surface area contributed by atoms with Gasteiger partial charge >= 0.3 is 6.18 Å². The van der Waals surface area contributed by atoms with E-state index in [1.165, 1.54) is 0 Å². The average Bonchev–Trinajstić information content (AvgIpc) is 2.46. The Bertz CT molecular complexity index is 802. The normalized spacial score (nSPS) is 12.0. The Kier molecular flexibility index (Phi) is 4.51. The molecule has 124 valence electrons. The Hall–Kier alpha value is -2.29. The Balaban J connectivity index is 2.38. The third-order valence-electron chi connectivity index (χ3n) is 2.88. The summed E-state index contributed by atoms with van der Waals surface area (Å²) in [5, 5.41) is 0. The van der Waals surface area contributed by atoms with Crippen LogP contribution in [0.3, 0.4) is 0 Å². The number of benzene rings is 2. The SMILES string of the molecule is COc1ccc(NS(=O)(=O)c2ccc(F)cc2)cc1C(F)(F)F. The molecule has 0 atom stereocenters. The summed E-state index contributed by atoms with van der Waals surface area (Å²) in [6.45, 7) is 0. The first-order valence-corrected chi connectivity index (χ1v) is 7.65. The third kappa shape index (κ3) is 3.92. The van der Waals surface area contributed by atoms with E-state index in [2.05, 4.69) is 4.74 Å². The van der Waals surface area contributed by atoms with Crippen molar-refractivity contribution < 1.29 is 30.7 Å². The van der Waals surface area contributed by atoms with Gasteiger partial charge in [-0.15, -0.1) is 0 Å². The molecule has 2 aromatic carbocycles. The summed E-state index contributed by atoms with van der Waals surface area (Å²) < 4.78 is 82.4. The molecule has 2 aromatic rings. The van der Waals surface area contributed by atoms with Crippen LogP contribution >= 0.6 is 0 Å². The van der Waals surface area contributed by atoms with Gasteiger partial charge in [-0.25, -0.2) is 12.8 Å². The van der Waals surface area contributed by atoms with Crippen molar-refractivity contribution in [2.75, 3.05) is 11.8 Å². The van der Waals surface area contributed by atoms with E-state index in [1.807, 2.05) is 4.72 Å². The number of sulfonamides is 1. The van der Waals surface area contributed by atoms with Crippen LogP contribution in [0.4, 0.5) is 23.2 Å². The minimum Gasteiger partial charge on any atom is -0.496 e. The zero-order valence-corrected chi connectivity index (χ0v) is 12.5. The van der Waals surface area contributed by atoms with Crippen LogP contribution in [0, 0.1) is 5.82 Å². The van der Waals surface area contributed by atoms with Gasteiger partial charge in [0.2, 0.25) is 0 Å². The fourth-order valence-corrected chi connectivity index (χ4v) is 2.87. The van der Waals surface area contributed by atoms with Gasteiger partial charge in [-0.2, -0.15) is 13.2 Å². The van der Waals surface area contributed by atoms with E-state index in [0.717, 1.165) is 43.5 Å². The maximum atomic E-state index is 12.9. The maximum Gasteiger partial charge on any atom is 0.420 e. The van der Waals surface area contributed by atoms with E-state index in [4.69, 9.17) is 0 Å². The molecule has 0 radical (unpaired) electrons. The first-order chi connectivity index (χ1) is 10.6. The van der Waals surface area contributed by atoms with Crippen molar-refractivity contribution >= 4 is 15.7 Å². The molecule has 4 nitrogen and oxygen atoms in total. The van der Waals surface area contributed by atoms with Crippen molar-refractivity contribution in [3.63, 3.8) is 0 Å². The number of nitrogens with one attached hydrogen (secondary N) is 1. The number of halogens is 4. The summed E-state index contributed by atoms with van der Waals surface area (Å²) in [4.78, 5) is -0.275. The molecule has 0 unspecified atom stereocenters. The standard InChI is InChI=1S/C14H11F4NO3S/c1-22-13-7-4-10(8-12(13)14(16,17)18)19-23(20,21)11-5-2-9(15)3-6-11/h2-8,19H,1H3. The summed E-state index contributed by atoms with van der Waals surface area (Å²) in [5.41, 5.74) is -1.40. The van der Waals surface area contributed by atoms with Crippen LogP contribution in [-0.4, -0.2) is 15.5 Å². The summed E-state index contributed by atoms with van der Waals surface area (Å²) in [6, 6.07) is 6.64. The largest absolute Gasteiger partial charge is 0.496 e. The second-order valence-electron chi connectivity index (χ2n) is 4.47. The van der Waals surface area contributed by atoms with Crippen molar-refractivity contribution in [3.05, 3.63) is 53.8 Å². The molecule has 1 N–H and O–H groups in total. The maximum absolute atomic E-state index is 12.9. The molecule has 0 aliphatic rings. The average molecular weight is 349 g/mol. The van der Waals surface area contributed by atoms with E-state index < -0.39 is 33.3 Å². The molecule has 0 heterocycles. The lowest BCUT2D eigenvalue weighted by atomic mass is 10.1. The highest BCUT2D eigenvalue weighted by molar-refractivity contribution is 7.92. The summed E-state index contributed by atoms with van der Waals surface area (Å²) in [6.07, 6.45) is -4.71. The number of methoxy groups -OCH3 is 1. The van der Waals surface area contributed by atoms with E-state index >= 15 is 0 Å². The van der Waals surface area contributed by atoms with Crippen molar-refractivity contribution in [2.45, 2.75) is 11.1 Å². The number of hydrogen-bond acceptors (Lipinski definition) is 3. The first kappa shape index (κ1) is 17.1. The van der Waals surface area contributed by atoms with E-state index in [1.54, 1.807) is 0 Å². The topological polar surface area (TPSA) is 55.4 Å². The number of alkyl halides is 3. The Labute approximate surface area is 129 Å². The van der Waals surface area contributed by atoms with Crippen LogP contribution in [0.15, 0.2) is 47.4 Å². The van der Waals surface area contributed by atoms with Gasteiger partial charge in [-0.3, -0.25) is 4.72 Å². The van der Waals surface area contributed by atoms with Crippen LogP contribution in [-0.2, 0) is 16.2 Å². The Morgan fingerprint density at radius 2 is 1.65 bits per heavy atom. The highest BCUT2D eigenvalue weighted by Crippen LogP contribution is 2.38. The highest BCUT2D eigenvalue weighted by Gasteiger charge is 2.34. The van der Waals surface area contributed by atoms with Crippen molar-refractivity contribution in [1.29, 1.82) is 0 Å². The molecule has 9 heteroatoms. The van der Waals surface area contributed by atoms with Gasteiger partial charge < -0.3 is 4.74 Å². The smallest absolute Gasteiger partial charge is 0.420 e. The van der Waals surface area contributed by atoms with Gasteiger partial charge in [0.25, 0.3) is 10.0 Å². The molecular weight excluding hydrogens is 338 g/mol. The molecule has 0 saturated heterocycles. The van der Waals surface area contributed by atoms with Gasteiger partial charge in [0.1, 0.15) is 11.6 Å². The Morgan fingerprint density at radius 1 is 1.04 bits per heavy atom. The summed E-state index contributed by atoms with van der Waals surface area (Å²) >= 11 is 0. The minimum atomic E-state index is -4.71. The van der Waals surface area contributed by atoms with Gasteiger partial charge in [-0.1, -0.05) is 0 Å². The molecule has 0 bridgehead atoms. The molecule has 23 heavy (non-hydrogen) atoms. The zero-order chi connectivity index (χ0) is 17.3. The number of anilines is 1. The molecule has 2 rings (SSSR count). The predicted molar refractivity (Wildman–Crippen MR) is 75.2 cm³/mol. The minimum absolute atomic E-state index is 0.275. The van der Waals surface area contributed by atoms with E-state index in [-0.39, 0.29) is 10.6 Å². The number of ether oxygens (including phenoxy) is 1. The fraction of sp³-hybridized carbons (Fsp3) is 0.143. The van der Waals surface area contributed by atoms with Gasteiger partial charge in [0.15, 0.2) is 0 Å². The lowest BCUT2D eigenvalue weighted by Crippen LogP contribution is -2.14. The van der Waals surface area contributed by atoms with E-state index in [9.17, 15) is 26.0 Å². The van der Waals surface area contributed by atoms with Crippen LogP contribution in [0.25, 0.3) is 0 Å². The lowest BCUT2D eigenvalue weighted by molar-refractivity contribution is -0.138. The van der Waals surface area contributed by atoms with E-state index in [0.29, 0.717) is 6.07 Å². The van der Waals surface area contributed by atoms with Crippen LogP contribution < -0.4 is 9.46 Å². The van der Waals surface area contributed by atoms with Gasteiger partial charge in [-0.05, 0) is 42.5 Å². The van der Waals surface area contributed by atoms with Crippen molar-refractivity contribution in [3.8, 4) is 5.75 Å². The highest BCUT2D eigenvalue weighted by atomic mass is 32.2. The van der Waals surface area contributed by atoms with Crippen LogP contribution in [0.2, 0.25) is 0 Å². The third-order valence-corrected chi connectivity index (χ3v) is 4.28. The second kappa shape index (κ2) is 6.07. The monoisotopic (exact) mass is 349 g/mol. The van der Waals surface area contributed by atoms with Crippen LogP contribution in [0.1, 0.15) is 5.56 Å². The van der Waals surface area contributed by atoms with Gasteiger partial charge in [0, 0.05) is 5.69 Å². The summed E-state index contributed by atoms with van der Waals surface area (Å²) in [5.74, 6) is -1.06. The number of hydrogen-bond donors (Lipinski definition) is 1. The lowest BCUT2D eigenvalue weighted by Gasteiger charge is -2.14. The second-order valence-corrected chi connectivity index (χ2v) is 6.15. The quantitative estimate of drug-likeness (QED) is 0.857. The number of rotatable bonds is 4. The first-order valence-electron chi connectivity index (χ1n) is 6.17. The Morgan fingerprint density at radius 3 is 2.17 bits per heavy atom. The predicted octanol–water partition coefficient (Wildman–Crippen LogP) is 3.65. The molecule has 0 aliphatic carbocycles. The molecular formula is C14H11F4NO3S. The molecule has 0 aromatic heterocycles. The molecule has 0 saturated carbocycles. The summed E-state index contributed by atoms with van der Waals surface area (Å²) in [7, 11) is -3.06. The zero-order valence-electron chi connectivity index (χ0n) is 11.7.